The normalized spacial score (nSPS) is 17.3. The van der Waals surface area contributed by atoms with Crippen LogP contribution in [0.5, 0.6) is 0 Å². The Labute approximate surface area is 148 Å². The van der Waals surface area contributed by atoms with Crippen molar-refractivity contribution in [3.05, 3.63) is 53.6 Å². The lowest BCUT2D eigenvalue weighted by Gasteiger charge is -2.32. The minimum atomic E-state index is -0.191. The molecule has 6 nitrogen and oxygen atoms in total. The number of rotatable bonds is 7. The van der Waals surface area contributed by atoms with Gasteiger partial charge in [0.05, 0.1) is 30.2 Å². The number of carbonyl (C=O) groups excluding carboxylic acids is 1. The summed E-state index contributed by atoms with van der Waals surface area (Å²) in [5.74, 6) is -0.143. The zero-order valence-electron chi connectivity index (χ0n) is 14.9. The number of imidazole rings is 1. The van der Waals surface area contributed by atoms with Crippen molar-refractivity contribution in [2.75, 3.05) is 33.4 Å². The van der Waals surface area contributed by atoms with Crippen molar-refractivity contribution < 1.29 is 9.53 Å². The predicted octanol–water partition coefficient (Wildman–Crippen LogP) is 1.32. The van der Waals surface area contributed by atoms with Crippen LogP contribution in [0.1, 0.15) is 22.9 Å². The van der Waals surface area contributed by atoms with Gasteiger partial charge in [0, 0.05) is 40.3 Å². The summed E-state index contributed by atoms with van der Waals surface area (Å²) in [4.78, 5) is 19.5. The molecule has 1 amide bonds. The Balaban J connectivity index is 1.68. The highest BCUT2D eigenvalue weighted by atomic mass is 16.5. The first-order chi connectivity index (χ1) is 12.2. The van der Waals surface area contributed by atoms with Crippen LogP contribution in [-0.4, -0.2) is 53.7 Å². The number of hydrogen-bond donors (Lipinski definition) is 1. The van der Waals surface area contributed by atoms with E-state index >= 15 is 0 Å². The van der Waals surface area contributed by atoms with Gasteiger partial charge >= 0.3 is 0 Å². The van der Waals surface area contributed by atoms with Crippen LogP contribution in [0.15, 0.2) is 36.7 Å². The van der Waals surface area contributed by atoms with E-state index in [0.717, 1.165) is 37.4 Å². The second kappa shape index (κ2) is 8.27. The topological polar surface area (TPSA) is 59.4 Å². The van der Waals surface area contributed by atoms with Crippen LogP contribution < -0.4 is 5.32 Å². The summed E-state index contributed by atoms with van der Waals surface area (Å²) in [5, 5.41) is 2.97. The lowest BCUT2D eigenvalue weighted by molar-refractivity contribution is -0.123. The fourth-order valence-electron chi connectivity index (χ4n) is 3.39. The van der Waals surface area contributed by atoms with Gasteiger partial charge in [0.2, 0.25) is 5.91 Å². The number of benzene rings is 1. The summed E-state index contributed by atoms with van der Waals surface area (Å²) >= 11 is 0. The number of ether oxygens (including phenoxy) is 1. The van der Waals surface area contributed by atoms with Crippen LogP contribution >= 0.6 is 0 Å². The van der Waals surface area contributed by atoms with E-state index in [1.54, 1.807) is 13.4 Å². The largest absolute Gasteiger partial charge is 0.383 e. The van der Waals surface area contributed by atoms with Crippen LogP contribution in [0.4, 0.5) is 0 Å². The Morgan fingerprint density at radius 2 is 2.16 bits per heavy atom. The van der Waals surface area contributed by atoms with E-state index < -0.39 is 0 Å². The molecule has 1 N–H and O–H groups in total. The summed E-state index contributed by atoms with van der Waals surface area (Å²) in [7, 11) is 3.60. The first-order valence-corrected chi connectivity index (χ1v) is 8.72. The number of fused-ring (bicyclic) bond motifs is 1. The van der Waals surface area contributed by atoms with Gasteiger partial charge in [-0.15, -0.1) is 0 Å². The molecule has 0 fully saturated rings. The maximum atomic E-state index is 12.7. The third kappa shape index (κ3) is 4.27. The third-order valence-electron chi connectivity index (χ3n) is 4.69. The van der Waals surface area contributed by atoms with E-state index in [1.807, 2.05) is 17.7 Å². The van der Waals surface area contributed by atoms with Crippen molar-refractivity contribution >= 4 is 5.91 Å². The maximum Gasteiger partial charge on any atom is 0.230 e. The van der Waals surface area contributed by atoms with Crippen LogP contribution in [0.2, 0.25) is 0 Å². The van der Waals surface area contributed by atoms with Crippen molar-refractivity contribution in [3.8, 4) is 0 Å². The Hall–Kier alpha value is -2.18. The number of amides is 1. The molecule has 0 radical (unpaired) electrons. The Bertz CT molecular complexity index is 699. The van der Waals surface area contributed by atoms with Crippen LogP contribution in [-0.2, 0) is 29.5 Å². The molecule has 0 aliphatic carbocycles. The highest BCUT2D eigenvalue weighted by Crippen LogP contribution is 2.27. The molecule has 1 aromatic carbocycles. The number of aromatic nitrogens is 2. The summed E-state index contributed by atoms with van der Waals surface area (Å²) in [6.07, 6.45) is 2.78. The minimum absolute atomic E-state index is 0.0475. The fraction of sp³-hybridized carbons (Fsp3) is 0.474. The molecular formula is C19H26N4O2. The molecule has 0 saturated carbocycles. The molecule has 1 aliphatic rings. The van der Waals surface area contributed by atoms with E-state index in [-0.39, 0.29) is 11.8 Å². The summed E-state index contributed by atoms with van der Waals surface area (Å²) < 4.78 is 7.00. The number of aryl methyl sites for hydroxylation is 1. The second-order valence-corrected chi connectivity index (χ2v) is 6.49. The van der Waals surface area contributed by atoms with Crippen LogP contribution in [0.25, 0.3) is 0 Å². The highest BCUT2D eigenvalue weighted by Gasteiger charge is 2.33. The summed E-state index contributed by atoms with van der Waals surface area (Å²) in [6.45, 7) is 3.49. The van der Waals surface area contributed by atoms with E-state index in [2.05, 4.69) is 39.5 Å². The predicted molar refractivity (Wildman–Crippen MR) is 96.3 cm³/mol. The van der Waals surface area contributed by atoms with Gasteiger partial charge in [0.15, 0.2) is 0 Å². The summed E-state index contributed by atoms with van der Waals surface area (Å²) in [6, 6.07) is 10.4. The number of methoxy groups -OCH3 is 1. The monoisotopic (exact) mass is 342 g/mol. The molecule has 1 atom stereocenters. The fourth-order valence-corrected chi connectivity index (χ4v) is 3.39. The molecule has 2 aromatic rings. The maximum absolute atomic E-state index is 12.7. The lowest BCUT2D eigenvalue weighted by Crippen LogP contribution is -2.43. The quantitative estimate of drug-likeness (QED) is 0.771. The van der Waals surface area contributed by atoms with Gasteiger partial charge in [-0.1, -0.05) is 30.3 Å². The number of nitrogens with zero attached hydrogens (tertiary/aromatic N) is 3. The van der Waals surface area contributed by atoms with Crippen molar-refractivity contribution in [3.63, 3.8) is 0 Å². The smallest absolute Gasteiger partial charge is 0.230 e. The first-order valence-electron chi connectivity index (χ1n) is 8.72. The van der Waals surface area contributed by atoms with Gasteiger partial charge in [0.1, 0.15) is 0 Å². The molecule has 25 heavy (non-hydrogen) atoms. The molecule has 2 heterocycles. The van der Waals surface area contributed by atoms with Crippen molar-refractivity contribution in [1.29, 1.82) is 0 Å². The zero-order valence-corrected chi connectivity index (χ0v) is 14.9. The van der Waals surface area contributed by atoms with Gasteiger partial charge in [-0.3, -0.25) is 9.69 Å². The van der Waals surface area contributed by atoms with Crippen molar-refractivity contribution in [2.24, 2.45) is 7.05 Å². The Morgan fingerprint density at radius 1 is 1.36 bits per heavy atom. The Morgan fingerprint density at radius 3 is 2.92 bits per heavy atom. The van der Waals surface area contributed by atoms with Crippen LogP contribution in [0.3, 0.4) is 0 Å². The Kier molecular flexibility index (Phi) is 5.83. The molecule has 134 valence electrons. The molecule has 3 rings (SSSR count). The van der Waals surface area contributed by atoms with Gasteiger partial charge in [-0.25, -0.2) is 4.98 Å². The van der Waals surface area contributed by atoms with Gasteiger partial charge in [-0.2, -0.15) is 0 Å². The molecule has 1 aromatic heterocycles. The molecule has 0 bridgehead atoms. The molecular weight excluding hydrogens is 316 g/mol. The van der Waals surface area contributed by atoms with E-state index in [9.17, 15) is 4.79 Å². The molecule has 0 spiro atoms. The third-order valence-corrected chi connectivity index (χ3v) is 4.69. The number of hydrogen-bond acceptors (Lipinski definition) is 4. The molecule has 0 saturated heterocycles. The van der Waals surface area contributed by atoms with Gasteiger partial charge in [-0.05, 0) is 12.0 Å². The summed E-state index contributed by atoms with van der Waals surface area (Å²) in [5.41, 5.74) is 3.36. The van der Waals surface area contributed by atoms with Gasteiger partial charge in [0.25, 0.3) is 0 Å². The second-order valence-electron chi connectivity index (χ2n) is 6.49. The van der Waals surface area contributed by atoms with Crippen molar-refractivity contribution in [1.82, 2.24) is 19.8 Å². The number of nitrogens with one attached hydrogen (secondary N) is 1. The minimum Gasteiger partial charge on any atom is -0.383 e. The number of carbonyl (C=O) groups is 1. The average molecular weight is 342 g/mol. The molecule has 0 unspecified atom stereocenters. The average Bonchev–Trinajstić information content (AvgIpc) is 3.01. The lowest BCUT2D eigenvalue weighted by atomic mass is 9.96. The van der Waals surface area contributed by atoms with E-state index in [4.69, 9.17) is 4.74 Å². The van der Waals surface area contributed by atoms with E-state index in [1.165, 1.54) is 5.56 Å². The first kappa shape index (κ1) is 17.6. The highest BCUT2D eigenvalue weighted by molar-refractivity contribution is 5.84. The molecule has 1 aliphatic heterocycles. The standard InChI is InChI=1S/C19H26N4O2/c1-22-14-21-17-13-23(10-8-15-6-4-3-5-7-15)12-16(18(17)22)19(24)20-9-11-25-2/h3-7,14,16H,8-13H2,1-2H3,(H,20,24)/t16-/m1/s1. The molecule has 6 heteroatoms. The van der Waals surface area contributed by atoms with Crippen molar-refractivity contribution in [2.45, 2.75) is 18.9 Å². The van der Waals surface area contributed by atoms with Gasteiger partial charge < -0.3 is 14.6 Å². The van der Waals surface area contributed by atoms with Crippen LogP contribution in [0, 0.1) is 0 Å². The zero-order chi connectivity index (χ0) is 17.6. The van der Waals surface area contributed by atoms with E-state index in [0.29, 0.717) is 13.2 Å². The SMILES string of the molecule is COCCNC(=O)[C@@H]1CN(CCc2ccccc2)Cc2ncn(C)c21.